The van der Waals surface area contributed by atoms with Gasteiger partial charge in [-0.1, -0.05) is 30.3 Å². The van der Waals surface area contributed by atoms with E-state index in [-0.39, 0.29) is 0 Å². The maximum Gasteiger partial charge on any atom is 0.223 e. The molecule has 4 nitrogen and oxygen atoms in total. The molecule has 0 atom stereocenters. The zero-order chi connectivity index (χ0) is 15.4. The highest BCUT2D eigenvalue weighted by Gasteiger charge is 2.19. The number of nitrogens with one attached hydrogen (secondary N) is 1. The Hall–Kier alpha value is -1.46. The molecule has 0 spiro atoms. The van der Waals surface area contributed by atoms with Gasteiger partial charge in [-0.2, -0.15) is 0 Å². The molecule has 22 heavy (non-hydrogen) atoms. The molecule has 3 rings (SSSR count). The molecule has 116 valence electrons. The first-order valence-corrected chi connectivity index (χ1v) is 8.52. The quantitative estimate of drug-likeness (QED) is 0.903. The van der Waals surface area contributed by atoms with Crippen LogP contribution in [0.3, 0.4) is 0 Å². The zero-order valence-corrected chi connectivity index (χ0v) is 14.4. The van der Waals surface area contributed by atoms with Crippen molar-refractivity contribution in [2.75, 3.05) is 18.4 Å². The van der Waals surface area contributed by atoms with E-state index in [9.17, 15) is 0 Å². The second kappa shape index (κ2) is 7.20. The lowest BCUT2D eigenvalue weighted by Gasteiger charge is -2.32. The molecule has 5 heteroatoms. The lowest BCUT2D eigenvalue weighted by molar-refractivity contribution is 0.211. The van der Waals surface area contributed by atoms with Crippen molar-refractivity contribution < 1.29 is 0 Å². The van der Waals surface area contributed by atoms with Gasteiger partial charge in [0.05, 0.1) is 10.2 Å². The van der Waals surface area contributed by atoms with Crippen molar-refractivity contribution in [3.05, 3.63) is 52.3 Å². The standard InChI is InChI=1S/C17H21BrN4/c1-13-16(18)11-19-17(20-13)21-15-7-9-22(10-8-15)12-14-5-3-2-4-6-14/h2-6,11,15H,7-10,12H2,1H3,(H,19,20,21). The Kier molecular flexibility index (Phi) is 5.05. The van der Waals surface area contributed by atoms with Crippen LogP contribution in [0.5, 0.6) is 0 Å². The third-order valence-corrected chi connectivity index (χ3v) is 4.87. The molecule has 2 aromatic rings. The van der Waals surface area contributed by atoms with E-state index in [2.05, 4.69) is 66.4 Å². The number of aryl methyl sites for hydroxylation is 1. The first-order chi connectivity index (χ1) is 10.7. The van der Waals surface area contributed by atoms with Crippen LogP contribution >= 0.6 is 15.9 Å². The molecular weight excluding hydrogens is 340 g/mol. The van der Waals surface area contributed by atoms with Gasteiger partial charge in [-0.25, -0.2) is 9.97 Å². The Balaban J connectivity index is 1.50. The van der Waals surface area contributed by atoms with Crippen LogP contribution in [0.1, 0.15) is 24.1 Å². The SMILES string of the molecule is Cc1nc(NC2CCN(Cc3ccccc3)CC2)ncc1Br. The van der Waals surface area contributed by atoms with Crippen molar-refractivity contribution in [3.8, 4) is 0 Å². The van der Waals surface area contributed by atoms with Gasteiger partial charge in [-0.05, 0) is 41.3 Å². The second-order valence-corrected chi connectivity index (χ2v) is 6.66. The summed E-state index contributed by atoms with van der Waals surface area (Å²) in [6.45, 7) is 5.25. The number of anilines is 1. The molecule has 1 aliphatic rings. The maximum absolute atomic E-state index is 4.47. The normalized spacial score (nSPS) is 16.6. The Morgan fingerprint density at radius 2 is 1.95 bits per heavy atom. The summed E-state index contributed by atoms with van der Waals surface area (Å²) in [5, 5.41) is 3.46. The van der Waals surface area contributed by atoms with Gasteiger partial charge in [0, 0.05) is 31.9 Å². The van der Waals surface area contributed by atoms with Gasteiger partial charge in [0.2, 0.25) is 5.95 Å². The number of nitrogens with zero attached hydrogens (tertiary/aromatic N) is 3. The lowest BCUT2D eigenvalue weighted by Crippen LogP contribution is -2.39. The summed E-state index contributed by atoms with van der Waals surface area (Å²) >= 11 is 3.43. The number of piperidine rings is 1. The van der Waals surface area contributed by atoms with Gasteiger partial charge in [-0.15, -0.1) is 0 Å². The van der Waals surface area contributed by atoms with Crippen molar-refractivity contribution >= 4 is 21.9 Å². The van der Waals surface area contributed by atoms with Crippen molar-refractivity contribution in [2.24, 2.45) is 0 Å². The fraction of sp³-hybridized carbons (Fsp3) is 0.412. The van der Waals surface area contributed by atoms with E-state index in [1.54, 1.807) is 0 Å². The van der Waals surface area contributed by atoms with Crippen LogP contribution in [-0.4, -0.2) is 34.0 Å². The second-order valence-electron chi connectivity index (χ2n) is 5.81. The van der Waals surface area contributed by atoms with Crippen molar-refractivity contribution in [3.63, 3.8) is 0 Å². The third-order valence-electron chi connectivity index (χ3n) is 4.09. The van der Waals surface area contributed by atoms with Crippen LogP contribution in [0.4, 0.5) is 5.95 Å². The van der Waals surface area contributed by atoms with Crippen LogP contribution in [0.15, 0.2) is 41.0 Å². The van der Waals surface area contributed by atoms with E-state index in [0.29, 0.717) is 6.04 Å². The fourth-order valence-corrected chi connectivity index (χ4v) is 2.97. The Labute approximate surface area is 140 Å². The van der Waals surface area contributed by atoms with E-state index >= 15 is 0 Å². The van der Waals surface area contributed by atoms with Gasteiger partial charge >= 0.3 is 0 Å². The molecule has 0 bridgehead atoms. The van der Waals surface area contributed by atoms with E-state index in [0.717, 1.165) is 48.6 Å². The summed E-state index contributed by atoms with van der Waals surface area (Å²) in [4.78, 5) is 11.3. The monoisotopic (exact) mass is 360 g/mol. The van der Waals surface area contributed by atoms with Gasteiger partial charge in [0.1, 0.15) is 0 Å². The van der Waals surface area contributed by atoms with Gasteiger partial charge < -0.3 is 5.32 Å². The Bertz CT molecular complexity index is 609. The molecule has 0 unspecified atom stereocenters. The molecule has 1 saturated heterocycles. The first kappa shape index (κ1) is 15.4. The summed E-state index contributed by atoms with van der Waals surface area (Å²) in [6, 6.07) is 11.1. The molecular formula is C17H21BrN4. The molecule has 0 radical (unpaired) electrons. The third kappa shape index (κ3) is 4.05. The Morgan fingerprint density at radius 3 is 2.64 bits per heavy atom. The number of hydrogen-bond acceptors (Lipinski definition) is 4. The molecule has 1 aliphatic heterocycles. The summed E-state index contributed by atoms with van der Waals surface area (Å²) in [7, 11) is 0. The van der Waals surface area contributed by atoms with Crippen molar-refractivity contribution in [2.45, 2.75) is 32.4 Å². The van der Waals surface area contributed by atoms with Crippen LogP contribution < -0.4 is 5.32 Å². The Morgan fingerprint density at radius 1 is 1.23 bits per heavy atom. The predicted octanol–water partition coefficient (Wildman–Crippen LogP) is 3.62. The highest BCUT2D eigenvalue weighted by Crippen LogP contribution is 2.18. The van der Waals surface area contributed by atoms with Gasteiger partial charge in [0.25, 0.3) is 0 Å². The molecule has 2 heterocycles. The molecule has 0 amide bonds. The minimum absolute atomic E-state index is 0.465. The first-order valence-electron chi connectivity index (χ1n) is 7.72. The largest absolute Gasteiger partial charge is 0.351 e. The van der Waals surface area contributed by atoms with Crippen LogP contribution in [0.2, 0.25) is 0 Å². The topological polar surface area (TPSA) is 41.1 Å². The minimum Gasteiger partial charge on any atom is -0.351 e. The molecule has 1 aromatic heterocycles. The number of benzene rings is 1. The summed E-state index contributed by atoms with van der Waals surface area (Å²) in [5.41, 5.74) is 2.36. The molecule has 1 aromatic carbocycles. The van der Waals surface area contributed by atoms with Gasteiger partial charge in [-0.3, -0.25) is 4.90 Å². The van der Waals surface area contributed by atoms with Crippen LogP contribution in [0, 0.1) is 6.92 Å². The number of hydrogen-bond donors (Lipinski definition) is 1. The van der Waals surface area contributed by atoms with Gasteiger partial charge in [0.15, 0.2) is 0 Å². The van der Waals surface area contributed by atoms with E-state index in [4.69, 9.17) is 0 Å². The average Bonchev–Trinajstić information content (AvgIpc) is 2.54. The molecule has 1 N–H and O–H groups in total. The molecule has 1 fully saturated rings. The summed E-state index contributed by atoms with van der Waals surface area (Å²) in [6.07, 6.45) is 4.08. The predicted molar refractivity (Wildman–Crippen MR) is 92.8 cm³/mol. The number of likely N-dealkylation sites (tertiary alicyclic amines) is 1. The molecule has 0 saturated carbocycles. The lowest BCUT2D eigenvalue weighted by atomic mass is 10.0. The minimum atomic E-state index is 0.465. The van der Waals surface area contributed by atoms with E-state index < -0.39 is 0 Å². The zero-order valence-electron chi connectivity index (χ0n) is 12.8. The summed E-state index contributed by atoms with van der Waals surface area (Å²) in [5.74, 6) is 0.738. The highest BCUT2D eigenvalue weighted by molar-refractivity contribution is 9.10. The fourth-order valence-electron chi connectivity index (χ4n) is 2.78. The summed E-state index contributed by atoms with van der Waals surface area (Å²) < 4.78 is 0.954. The van der Waals surface area contributed by atoms with Crippen LogP contribution in [0.25, 0.3) is 0 Å². The maximum atomic E-state index is 4.47. The van der Waals surface area contributed by atoms with E-state index in [1.807, 2.05) is 13.1 Å². The smallest absolute Gasteiger partial charge is 0.223 e. The number of halogens is 1. The number of rotatable bonds is 4. The number of aromatic nitrogens is 2. The average molecular weight is 361 g/mol. The van der Waals surface area contributed by atoms with Crippen molar-refractivity contribution in [1.29, 1.82) is 0 Å². The van der Waals surface area contributed by atoms with Crippen molar-refractivity contribution in [1.82, 2.24) is 14.9 Å². The highest BCUT2D eigenvalue weighted by atomic mass is 79.9. The van der Waals surface area contributed by atoms with E-state index in [1.165, 1.54) is 5.56 Å². The van der Waals surface area contributed by atoms with Crippen LogP contribution in [-0.2, 0) is 6.54 Å². The molecule has 0 aliphatic carbocycles.